The smallest absolute Gasteiger partial charge is 0.254 e. The molecule has 1 saturated carbocycles. The second-order valence-corrected chi connectivity index (χ2v) is 6.54. The van der Waals surface area contributed by atoms with Crippen LogP contribution in [0, 0.1) is 12.8 Å². The predicted molar refractivity (Wildman–Crippen MR) is 75.7 cm³/mol. The van der Waals surface area contributed by atoms with Gasteiger partial charge in [0.05, 0.1) is 5.69 Å². The van der Waals surface area contributed by atoms with Gasteiger partial charge >= 0.3 is 0 Å². The Morgan fingerprint density at radius 2 is 2.14 bits per heavy atom. The predicted octanol–water partition coefficient (Wildman–Crippen LogP) is 1.91. The van der Waals surface area contributed by atoms with Gasteiger partial charge in [-0.3, -0.25) is 4.79 Å². The number of aromatic nitrogens is 2. The van der Waals surface area contributed by atoms with Crippen molar-refractivity contribution < 1.29 is 8.78 Å². The fraction of sp³-hybridized carbons (Fsp3) is 0.733. The third-order valence-electron chi connectivity index (χ3n) is 4.72. The minimum Gasteiger partial charge on any atom is -0.311 e. The molecule has 3 rings (SSSR count). The van der Waals surface area contributed by atoms with E-state index in [0.29, 0.717) is 18.8 Å². The van der Waals surface area contributed by atoms with Crippen LogP contribution < -0.4 is 5.56 Å². The van der Waals surface area contributed by atoms with E-state index in [-0.39, 0.29) is 30.4 Å². The molecule has 0 aromatic carbocycles. The number of nitrogens with zero attached hydrogens (tertiary/aromatic N) is 2. The highest BCUT2D eigenvalue weighted by Gasteiger charge is 2.45. The van der Waals surface area contributed by atoms with Gasteiger partial charge in [0.25, 0.3) is 5.56 Å². The van der Waals surface area contributed by atoms with Crippen LogP contribution in [0.2, 0.25) is 0 Å². The van der Waals surface area contributed by atoms with Gasteiger partial charge < -0.3 is 9.88 Å². The van der Waals surface area contributed by atoms with E-state index in [1.54, 1.807) is 6.92 Å². The van der Waals surface area contributed by atoms with Crippen LogP contribution in [0.15, 0.2) is 4.79 Å². The van der Waals surface area contributed by atoms with Crippen molar-refractivity contribution >= 4 is 0 Å². The van der Waals surface area contributed by atoms with E-state index in [4.69, 9.17) is 0 Å². The number of aromatic amines is 1. The number of hydrogen-bond acceptors (Lipinski definition) is 3. The van der Waals surface area contributed by atoms with E-state index >= 15 is 0 Å². The van der Waals surface area contributed by atoms with Gasteiger partial charge in [-0.2, -0.15) is 0 Å². The molecule has 2 aliphatic carbocycles. The summed E-state index contributed by atoms with van der Waals surface area (Å²) in [7, 11) is 1.97. The lowest BCUT2D eigenvalue weighted by atomic mass is 9.80. The first kappa shape index (κ1) is 14.6. The molecular formula is C15H21F2N3O. The molecule has 1 unspecified atom stereocenters. The Hall–Kier alpha value is -1.30. The number of likely N-dealkylation sites (N-methyl/N-ethyl adjacent to an activating group) is 1. The summed E-state index contributed by atoms with van der Waals surface area (Å²) in [5.74, 6) is -1.72. The second kappa shape index (κ2) is 5.16. The summed E-state index contributed by atoms with van der Waals surface area (Å²) in [5.41, 5.74) is 1.62. The first-order chi connectivity index (χ1) is 9.84. The minimum absolute atomic E-state index is 0.00196. The van der Waals surface area contributed by atoms with Crippen LogP contribution in [0.4, 0.5) is 8.78 Å². The van der Waals surface area contributed by atoms with Crippen LogP contribution in [0.3, 0.4) is 0 Å². The molecule has 0 saturated heterocycles. The van der Waals surface area contributed by atoms with Crippen molar-refractivity contribution in [2.75, 3.05) is 13.6 Å². The van der Waals surface area contributed by atoms with Crippen molar-refractivity contribution in [3.8, 4) is 0 Å². The second-order valence-electron chi connectivity index (χ2n) is 6.54. The van der Waals surface area contributed by atoms with Gasteiger partial charge in [0.15, 0.2) is 0 Å². The normalized spacial score (nSPS) is 24.7. The van der Waals surface area contributed by atoms with Gasteiger partial charge in [0, 0.05) is 31.0 Å². The van der Waals surface area contributed by atoms with E-state index in [1.807, 2.05) is 7.05 Å². The van der Waals surface area contributed by atoms with Crippen molar-refractivity contribution in [2.45, 2.75) is 51.0 Å². The average molecular weight is 297 g/mol. The van der Waals surface area contributed by atoms with Crippen LogP contribution >= 0.6 is 0 Å². The average Bonchev–Trinajstić information content (AvgIpc) is 2.35. The summed E-state index contributed by atoms with van der Waals surface area (Å²) in [6.45, 7) is 2.48. The number of aryl methyl sites for hydroxylation is 2. The minimum atomic E-state index is -2.46. The van der Waals surface area contributed by atoms with E-state index in [1.165, 1.54) is 0 Å². The highest BCUT2D eigenvalue weighted by Crippen LogP contribution is 2.42. The SMILES string of the molecule is Cc1nc2c(c(=O)[nH]1)CC(N(C)CC1CC(F)(F)C1)CC2. The third-order valence-corrected chi connectivity index (χ3v) is 4.72. The van der Waals surface area contributed by atoms with Gasteiger partial charge in [-0.1, -0.05) is 0 Å². The number of rotatable bonds is 3. The molecule has 1 aromatic rings. The summed E-state index contributed by atoms with van der Waals surface area (Å²) >= 11 is 0. The van der Waals surface area contributed by atoms with Crippen LogP contribution in [0.5, 0.6) is 0 Å². The van der Waals surface area contributed by atoms with Gasteiger partial charge in [-0.25, -0.2) is 13.8 Å². The zero-order valence-electron chi connectivity index (χ0n) is 12.5. The number of alkyl halides is 2. The summed E-state index contributed by atoms with van der Waals surface area (Å²) < 4.78 is 25.8. The van der Waals surface area contributed by atoms with Gasteiger partial charge in [-0.05, 0) is 39.2 Å². The molecule has 0 radical (unpaired) electrons. The molecular weight excluding hydrogens is 276 g/mol. The van der Waals surface area contributed by atoms with Crippen molar-refractivity contribution in [2.24, 2.45) is 5.92 Å². The molecule has 4 nitrogen and oxygen atoms in total. The molecule has 1 fully saturated rings. The summed E-state index contributed by atoms with van der Waals surface area (Å²) in [5, 5.41) is 0. The number of nitrogens with one attached hydrogen (secondary N) is 1. The Labute approximate surface area is 122 Å². The molecule has 0 aliphatic heterocycles. The van der Waals surface area contributed by atoms with Crippen molar-refractivity contribution in [3.63, 3.8) is 0 Å². The molecule has 1 heterocycles. The van der Waals surface area contributed by atoms with Crippen LogP contribution in [0.1, 0.15) is 36.3 Å². The monoisotopic (exact) mass is 297 g/mol. The first-order valence-electron chi connectivity index (χ1n) is 7.51. The maximum absolute atomic E-state index is 12.9. The lowest BCUT2D eigenvalue weighted by Gasteiger charge is -2.40. The van der Waals surface area contributed by atoms with Crippen molar-refractivity contribution in [1.82, 2.24) is 14.9 Å². The number of halogens is 2. The topological polar surface area (TPSA) is 49.0 Å². The largest absolute Gasteiger partial charge is 0.311 e. The van der Waals surface area contributed by atoms with E-state index in [0.717, 1.165) is 24.1 Å². The van der Waals surface area contributed by atoms with Crippen molar-refractivity contribution in [1.29, 1.82) is 0 Å². The fourth-order valence-corrected chi connectivity index (χ4v) is 3.57. The maximum Gasteiger partial charge on any atom is 0.254 e. The fourth-order valence-electron chi connectivity index (χ4n) is 3.57. The number of fused-ring (bicyclic) bond motifs is 1. The summed E-state index contributed by atoms with van der Waals surface area (Å²) in [4.78, 5) is 21.3. The lowest BCUT2D eigenvalue weighted by molar-refractivity contribution is -0.117. The van der Waals surface area contributed by atoms with Crippen molar-refractivity contribution in [3.05, 3.63) is 27.4 Å². The quantitative estimate of drug-likeness (QED) is 0.927. The Morgan fingerprint density at radius 3 is 2.81 bits per heavy atom. The first-order valence-corrected chi connectivity index (χ1v) is 7.51. The Balaban J connectivity index is 1.65. The molecule has 21 heavy (non-hydrogen) atoms. The summed E-state index contributed by atoms with van der Waals surface area (Å²) in [6, 6.07) is 0.248. The summed E-state index contributed by atoms with van der Waals surface area (Å²) in [6.07, 6.45) is 2.39. The zero-order chi connectivity index (χ0) is 15.2. The highest BCUT2D eigenvalue weighted by molar-refractivity contribution is 5.22. The zero-order valence-corrected chi connectivity index (χ0v) is 12.5. The van der Waals surface area contributed by atoms with Crippen LogP contribution in [-0.4, -0.2) is 40.4 Å². The van der Waals surface area contributed by atoms with E-state index < -0.39 is 5.92 Å². The standard InChI is InChI=1S/C15H21F2N3O/c1-9-18-13-4-3-11(5-12(13)14(21)19-9)20(2)8-10-6-15(16,17)7-10/h10-11H,3-8H2,1-2H3,(H,18,19,21). The van der Waals surface area contributed by atoms with Gasteiger partial charge in [-0.15, -0.1) is 0 Å². The molecule has 2 aliphatic rings. The lowest BCUT2D eigenvalue weighted by Crippen LogP contribution is -2.46. The third kappa shape index (κ3) is 3.00. The molecule has 0 bridgehead atoms. The molecule has 0 spiro atoms. The molecule has 116 valence electrons. The Bertz CT molecular complexity index is 591. The number of hydrogen-bond donors (Lipinski definition) is 1. The van der Waals surface area contributed by atoms with E-state index in [9.17, 15) is 13.6 Å². The molecule has 0 amide bonds. The van der Waals surface area contributed by atoms with Crippen LogP contribution in [-0.2, 0) is 12.8 Å². The molecule has 6 heteroatoms. The van der Waals surface area contributed by atoms with Crippen LogP contribution in [0.25, 0.3) is 0 Å². The molecule has 1 N–H and O–H groups in total. The molecule has 1 aromatic heterocycles. The highest BCUT2D eigenvalue weighted by atomic mass is 19.3. The maximum atomic E-state index is 12.9. The Kier molecular flexibility index (Phi) is 3.59. The molecule has 1 atom stereocenters. The van der Waals surface area contributed by atoms with Gasteiger partial charge in [0.1, 0.15) is 5.82 Å². The Morgan fingerprint density at radius 1 is 1.43 bits per heavy atom. The number of H-pyrrole nitrogens is 1. The van der Waals surface area contributed by atoms with E-state index in [2.05, 4.69) is 14.9 Å². The van der Waals surface area contributed by atoms with Gasteiger partial charge in [0.2, 0.25) is 5.92 Å².